The van der Waals surface area contributed by atoms with Crippen LogP contribution in [0.5, 0.6) is 5.75 Å². The highest BCUT2D eigenvalue weighted by molar-refractivity contribution is 5.89. The average Bonchev–Trinajstić information content (AvgIpc) is 2.97. The van der Waals surface area contributed by atoms with Crippen LogP contribution in [0.3, 0.4) is 0 Å². The molecule has 0 aliphatic heterocycles. The Labute approximate surface area is 245 Å². The van der Waals surface area contributed by atoms with E-state index in [4.69, 9.17) is 14.2 Å². The van der Waals surface area contributed by atoms with Crippen molar-refractivity contribution in [2.24, 2.45) is 5.92 Å². The van der Waals surface area contributed by atoms with Crippen molar-refractivity contribution in [3.05, 3.63) is 107 Å². The molecule has 42 heavy (non-hydrogen) atoms. The van der Waals surface area contributed by atoms with E-state index in [0.717, 1.165) is 48.9 Å². The maximum atomic E-state index is 12.9. The zero-order valence-electron chi connectivity index (χ0n) is 24.0. The molecule has 0 saturated carbocycles. The average molecular weight is 583 g/mol. The number of unbranched alkanes of at least 4 members (excludes halogenated alkanes) is 1. The molecule has 0 aliphatic carbocycles. The van der Waals surface area contributed by atoms with Crippen molar-refractivity contribution in [1.82, 2.24) is 0 Å². The zero-order valence-corrected chi connectivity index (χ0v) is 24.0. The van der Waals surface area contributed by atoms with E-state index in [0.29, 0.717) is 36.5 Å². The van der Waals surface area contributed by atoms with Crippen LogP contribution in [0.25, 0.3) is 6.08 Å². The van der Waals surface area contributed by atoms with Crippen molar-refractivity contribution >= 4 is 18.0 Å². The van der Waals surface area contributed by atoms with Crippen LogP contribution in [0.15, 0.2) is 78.9 Å². The van der Waals surface area contributed by atoms with E-state index < -0.39 is 11.7 Å². The molecule has 1 atom stereocenters. The Balaban J connectivity index is 1.70. The summed E-state index contributed by atoms with van der Waals surface area (Å²) in [6.45, 7) is 4.37. The molecule has 0 aromatic heterocycles. The van der Waals surface area contributed by atoms with E-state index in [2.05, 4.69) is 6.08 Å². The van der Waals surface area contributed by atoms with Crippen molar-refractivity contribution < 1.29 is 37.0 Å². The van der Waals surface area contributed by atoms with Gasteiger partial charge in [0.25, 0.3) is 0 Å². The molecule has 0 fully saturated rings. The van der Waals surface area contributed by atoms with Gasteiger partial charge in [0.05, 0.1) is 24.3 Å². The summed E-state index contributed by atoms with van der Waals surface area (Å²) < 4.78 is 54.7. The smallest absolute Gasteiger partial charge is 0.416 e. The molecule has 8 heteroatoms. The SMILES string of the molecule is CCOC(=O)CCCCC(/C=C/c1ccccc1OCc1ccc(C(F)(F)F)cc1)Cc1ccc(C(=O)OCC)cc1. The van der Waals surface area contributed by atoms with Crippen LogP contribution in [0.1, 0.15) is 72.1 Å². The normalized spacial score (nSPS) is 12.2. The predicted octanol–water partition coefficient (Wildman–Crippen LogP) is 8.46. The lowest BCUT2D eigenvalue weighted by atomic mass is 9.92. The van der Waals surface area contributed by atoms with E-state index in [1.54, 1.807) is 26.0 Å². The van der Waals surface area contributed by atoms with Crippen LogP contribution in [0.2, 0.25) is 0 Å². The van der Waals surface area contributed by atoms with Gasteiger partial charge in [0.15, 0.2) is 0 Å². The maximum absolute atomic E-state index is 12.9. The van der Waals surface area contributed by atoms with Crippen LogP contribution in [-0.2, 0) is 33.5 Å². The summed E-state index contributed by atoms with van der Waals surface area (Å²) in [6, 6.07) is 19.8. The minimum absolute atomic E-state index is 0.132. The minimum Gasteiger partial charge on any atom is -0.488 e. The third kappa shape index (κ3) is 10.7. The van der Waals surface area contributed by atoms with Crippen LogP contribution >= 0.6 is 0 Å². The summed E-state index contributed by atoms with van der Waals surface area (Å²) in [5, 5.41) is 0. The largest absolute Gasteiger partial charge is 0.488 e. The molecule has 0 amide bonds. The van der Waals surface area contributed by atoms with E-state index >= 15 is 0 Å². The summed E-state index contributed by atoms with van der Waals surface area (Å²) in [7, 11) is 0. The Morgan fingerprint density at radius 3 is 2.17 bits per heavy atom. The number of hydrogen-bond acceptors (Lipinski definition) is 5. The molecule has 0 heterocycles. The van der Waals surface area contributed by atoms with Crippen molar-refractivity contribution in [1.29, 1.82) is 0 Å². The first-order chi connectivity index (χ1) is 20.2. The summed E-state index contributed by atoms with van der Waals surface area (Å²) in [6.07, 6.45) is 3.22. The molecule has 1 unspecified atom stereocenters. The van der Waals surface area contributed by atoms with Gasteiger partial charge in [0.2, 0.25) is 0 Å². The molecule has 224 valence electrons. The predicted molar refractivity (Wildman–Crippen MR) is 156 cm³/mol. The van der Waals surface area contributed by atoms with Gasteiger partial charge in [0.1, 0.15) is 12.4 Å². The van der Waals surface area contributed by atoms with Crippen LogP contribution in [-0.4, -0.2) is 25.2 Å². The number of carbonyl (C=O) groups excluding carboxylic acids is 2. The Morgan fingerprint density at radius 2 is 1.50 bits per heavy atom. The zero-order chi connectivity index (χ0) is 30.4. The van der Waals surface area contributed by atoms with E-state index in [1.807, 2.05) is 42.5 Å². The number of esters is 2. The first-order valence-electron chi connectivity index (χ1n) is 14.2. The number of rotatable bonds is 15. The summed E-state index contributed by atoms with van der Waals surface area (Å²) in [4.78, 5) is 23.8. The number of ether oxygens (including phenoxy) is 3. The van der Waals surface area contributed by atoms with Gasteiger partial charge in [-0.3, -0.25) is 4.79 Å². The maximum Gasteiger partial charge on any atom is 0.416 e. The molecule has 0 saturated heterocycles. The van der Waals surface area contributed by atoms with Gasteiger partial charge in [-0.25, -0.2) is 4.79 Å². The monoisotopic (exact) mass is 582 g/mol. The fourth-order valence-corrected chi connectivity index (χ4v) is 4.41. The highest BCUT2D eigenvalue weighted by Gasteiger charge is 2.29. The van der Waals surface area contributed by atoms with Gasteiger partial charge in [-0.15, -0.1) is 0 Å². The Hall–Kier alpha value is -4.07. The minimum atomic E-state index is -4.38. The topological polar surface area (TPSA) is 61.8 Å². The Morgan fingerprint density at radius 1 is 0.833 bits per heavy atom. The van der Waals surface area contributed by atoms with Crippen molar-refractivity contribution in [2.75, 3.05) is 13.2 Å². The van der Waals surface area contributed by atoms with Crippen LogP contribution in [0, 0.1) is 5.92 Å². The molecule has 0 aliphatic rings. The molecular formula is C34H37F3O5. The fraction of sp³-hybridized carbons (Fsp3) is 0.353. The number of benzene rings is 3. The molecule has 0 spiro atoms. The highest BCUT2D eigenvalue weighted by Crippen LogP contribution is 2.30. The number of alkyl halides is 3. The van der Waals surface area contributed by atoms with Gasteiger partial charge in [-0.05, 0) is 80.5 Å². The third-order valence-electron chi connectivity index (χ3n) is 6.62. The molecule has 3 aromatic rings. The first-order valence-corrected chi connectivity index (χ1v) is 14.2. The summed E-state index contributed by atoms with van der Waals surface area (Å²) >= 11 is 0. The van der Waals surface area contributed by atoms with Crippen LogP contribution < -0.4 is 4.74 Å². The lowest BCUT2D eigenvalue weighted by molar-refractivity contribution is -0.143. The van der Waals surface area contributed by atoms with E-state index in [9.17, 15) is 22.8 Å². The van der Waals surface area contributed by atoms with Crippen molar-refractivity contribution in [2.45, 2.75) is 58.7 Å². The molecule has 3 rings (SSSR count). The van der Waals surface area contributed by atoms with Gasteiger partial charge in [0, 0.05) is 12.0 Å². The lowest BCUT2D eigenvalue weighted by Gasteiger charge is -2.15. The number of allylic oxidation sites excluding steroid dienone is 1. The van der Waals surface area contributed by atoms with Gasteiger partial charge < -0.3 is 14.2 Å². The number of hydrogen-bond donors (Lipinski definition) is 0. The quantitative estimate of drug-likeness (QED) is 0.133. The second-order valence-corrected chi connectivity index (χ2v) is 9.81. The summed E-state index contributed by atoms with van der Waals surface area (Å²) in [5.74, 6) is 0.211. The van der Waals surface area contributed by atoms with Crippen molar-refractivity contribution in [3.63, 3.8) is 0 Å². The second kappa shape index (κ2) is 16.4. The second-order valence-electron chi connectivity index (χ2n) is 9.81. The molecule has 0 bridgehead atoms. The fourth-order valence-electron chi connectivity index (χ4n) is 4.41. The van der Waals surface area contributed by atoms with Crippen molar-refractivity contribution in [3.8, 4) is 5.75 Å². The first kappa shape index (κ1) is 32.4. The van der Waals surface area contributed by atoms with Gasteiger partial charge in [-0.2, -0.15) is 13.2 Å². The molecular weight excluding hydrogens is 545 g/mol. The highest BCUT2D eigenvalue weighted by atomic mass is 19.4. The number of para-hydroxylation sites is 1. The van der Waals surface area contributed by atoms with Gasteiger partial charge >= 0.3 is 18.1 Å². The number of halogens is 3. The molecule has 3 aromatic carbocycles. The Bertz CT molecular complexity index is 1300. The summed E-state index contributed by atoms with van der Waals surface area (Å²) in [5.41, 5.74) is 2.35. The van der Waals surface area contributed by atoms with E-state index in [1.165, 1.54) is 12.1 Å². The van der Waals surface area contributed by atoms with Crippen LogP contribution in [0.4, 0.5) is 13.2 Å². The molecule has 0 N–H and O–H groups in total. The molecule has 0 radical (unpaired) electrons. The van der Waals surface area contributed by atoms with Gasteiger partial charge in [-0.1, -0.05) is 61.0 Å². The molecule has 5 nitrogen and oxygen atoms in total. The number of carbonyl (C=O) groups is 2. The lowest BCUT2D eigenvalue weighted by Crippen LogP contribution is -2.07. The Kier molecular flexibility index (Phi) is 12.7. The van der Waals surface area contributed by atoms with E-state index in [-0.39, 0.29) is 24.5 Å². The standard InChI is InChI=1S/C34H37F3O5/c1-3-40-32(38)12-8-5-9-25(23-26-14-19-29(20-15-26)33(39)41-4-2)13-18-28-10-6-7-11-31(28)42-24-27-16-21-30(22-17-27)34(35,36)37/h6-7,10-11,13-22,25H,3-5,8-9,12,23-24H2,1-2H3/b18-13+. The third-order valence-corrected chi connectivity index (χ3v) is 6.62.